The molecule has 0 spiro atoms. The first-order valence-corrected chi connectivity index (χ1v) is 6.83. The Morgan fingerprint density at radius 2 is 1.30 bits per heavy atom. The largest absolute Gasteiger partial charge is 0.423 e. The number of rotatable bonds is 4. The van der Waals surface area contributed by atoms with Gasteiger partial charge in [0.15, 0.2) is 17.8 Å². The molecule has 0 amide bonds. The monoisotopic (exact) mass is 324 g/mol. The van der Waals surface area contributed by atoms with Crippen molar-refractivity contribution >= 4 is 17.9 Å². The van der Waals surface area contributed by atoms with E-state index >= 15 is 0 Å². The number of benzene rings is 1. The molecule has 1 aliphatic rings. The van der Waals surface area contributed by atoms with Crippen LogP contribution in [0.5, 0.6) is 17.2 Å². The summed E-state index contributed by atoms with van der Waals surface area (Å²) in [7, 11) is 0. The van der Waals surface area contributed by atoms with Gasteiger partial charge in [0.25, 0.3) is 0 Å². The van der Waals surface area contributed by atoms with Gasteiger partial charge < -0.3 is 23.7 Å². The Bertz CT molecular complexity index is 593. The summed E-state index contributed by atoms with van der Waals surface area (Å²) in [6.45, 7) is 4.37. The highest BCUT2D eigenvalue weighted by atomic mass is 16.7. The van der Waals surface area contributed by atoms with Crippen LogP contribution < -0.4 is 14.2 Å². The lowest BCUT2D eigenvalue weighted by Gasteiger charge is -2.17. The molecular weight excluding hydrogens is 308 g/mol. The topological polar surface area (TPSA) is 97.4 Å². The standard InChI is InChI=1S/C15H16O8/c1-8(16)21-12-6-11(15-19-4-5-20-15)7-13(22-9(2)17)14(12)23-10(3)18/h6-7,15H,4-5H2,1-3H3. The first-order chi connectivity index (χ1) is 10.9. The van der Waals surface area contributed by atoms with Crippen molar-refractivity contribution in [3.63, 3.8) is 0 Å². The Kier molecular flexibility index (Phi) is 5.30. The lowest BCUT2D eigenvalue weighted by atomic mass is 10.1. The van der Waals surface area contributed by atoms with Crippen LogP contribution in [0.3, 0.4) is 0 Å². The molecule has 1 fully saturated rings. The third-order valence-corrected chi connectivity index (χ3v) is 2.69. The van der Waals surface area contributed by atoms with Crippen molar-refractivity contribution < 1.29 is 38.1 Å². The minimum Gasteiger partial charge on any atom is -0.423 e. The molecule has 0 atom stereocenters. The fourth-order valence-electron chi connectivity index (χ4n) is 1.99. The number of ether oxygens (including phenoxy) is 5. The van der Waals surface area contributed by atoms with Crippen molar-refractivity contribution in [2.24, 2.45) is 0 Å². The van der Waals surface area contributed by atoms with Crippen LogP contribution in [0.15, 0.2) is 12.1 Å². The van der Waals surface area contributed by atoms with Crippen molar-refractivity contribution in [2.45, 2.75) is 27.1 Å². The zero-order valence-electron chi connectivity index (χ0n) is 12.9. The summed E-state index contributed by atoms with van der Waals surface area (Å²) in [6.07, 6.45) is -0.690. The van der Waals surface area contributed by atoms with Gasteiger partial charge in [-0.2, -0.15) is 0 Å². The molecule has 0 bridgehead atoms. The van der Waals surface area contributed by atoms with Gasteiger partial charge in [0.1, 0.15) is 0 Å². The number of carbonyl (C=O) groups excluding carboxylic acids is 3. The van der Waals surface area contributed by atoms with Crippen LogP contribution in [0, 0.1) is 0 Å². The van der Waals surface area contributed by atoms with E-state index in [9.17, 15) is 14.4 Å². The molecule has 1 aromatic rings. The summed E-state index contributed by atoms with van der Waals surface area (Å²) in [5.41, 5.74) is 0.464. The molecule has 0 aliphatic carbocycles. The third-order valence-electron chi connectivity index (χ3n) is 2.69. The highest BCUT2D eigenvalue weighted by molar-refractivity contribution is 5.77. The lowest BCUT2D eigenvalue weighted by molar-refractivity contribution is -0.135. The molecule has 1 saturated heterocycles. The normalized spacial score (nSPS) is 14.4. The molecule has 124 valence electrons. The molecule has 0 unspecified atom stereocenters. The number of hydrogen-bond acceptors (Lipinski definition) is 8. The Morgan fingerprint density at radius 3 is 1.70 bits per heavy atom. The summed E-state index contributed by atoms with van der Waals surface area (Å²) in [5.74, 6) is -2.21. The number of carbonyl (C=O) groups is 3. The number of esters is 3. The van der Waals surface area contributed by atoms with E-state index in [-0.39, 0.29) is 17.2 Å². The maximum atomic E-state index is 11.3. The van der Waals surface area contributed by atoms with Gasteiger partial charge in [-0.25, -0.2) is 0 Å². The molecule has 2 rings (SSSR count). The second-order valence-corrected chi connectivity index (χ2v) is 4.70. The van der Waals surface area contributed by atoms with Gasteiger partial charge in [0.05, 0.1) is 13.2 Å². The summed E-state index contributed by atoms with van der Waals surface area (Å²) >= 11 is 0. The fraction of sp³-hybridized carbons (Fsp3) is 0.400. The molecule has 1 aliphatic heterocycles. The van der Waals surface area contributed by atoms with Crippen molar-refractivity contribution in [1.82, 2.24) is 0 Å². The Morgan fingerprint density at radius 1 is 0.870 bits per heavy atom. The first kappa shape index (κ1) is 16.9. The van der Waals surface area contributed by atoms with Gasteiger partial charge in [-0.3, -0.25) is 14.4 Å². The Hall–Kier alpha value is -2.45. The van der Waals surface area contributed by atoms with Crippen LogP contribution in [-0.2, 0) is 23.9 Å². The van der Waals surface area contributed by atoms with Crippen LogP contribution in [0.4, 0.5) is 0 Å². The molecular formula is C15H16O8. The van der Waals surface area contributed by atoms with E-state index in [1.165, 1.54) is 32.9 Å². The van der Waals surface area contributed by atoms with E-state index in [1.807, 2.05) is 0 Å². The highest BCUT2D eigenvalue weighted by Gasteiger charge is 2.25. The van der Waals surface area contributed by atoms with E-state index in [1.54, 1.807) is 0 Å². The summed E-state index contributed by atoms with van der Waals surface area (Å²) < 4.78 is 25.9. The van der Waals surface area contributed by atoms with Crippen LogP contribution in [0.2, 0.25) is 0 Å². The van der Waals surface area contributed by atoms with Crippen LogP contribution in [0.1, 0.15) is 32.6 Å². The van der Waals surface area contributed by atoms with Crippen LogP contribution in [-0.4, -0.2) is 31.1 Å². The van der Waals surface area contributed by atoms with E-state index in [0.717, 1.165) is 0 Å². The molecule has 23 heavy (non-hydrogen) atoms. The van der Waals surface area contributed by atoms with Gasteiger partial charge >= 0.3 is 17.9 Å². The lowest BCUT2D eigenvalue weighted by Crippen LogP contribution is -2.12. The van der Waals surface area contributed by atoms with Crippen molar-refractivity contribution in [2.75, 3.05) is 13.2 Å². The average Bonchev–Trinajstić information content (AvgIpc) is 2.94. The average molecular weight is 324 g/mol. The fourth-order valence-corrected chi connectivity index (χ4v) is 1.99. The van der Waals surface area contributed by atoms with Gasteiger partial charge in [-0.1, -0.05) is 0 Å². The third kappa shape index (κ3) is 4.51. The molecule has 8 heteroatoms. The SMILES string of the molecule is CC(=O)Oc1cc(C2OCCO2)cc(OC(C)=O)c1OC(C)=O. The molecule has 0 N–H and O–H groups in total. The molecule has 0 radical (unpaired) electrons. The van der Waals surface area contributed by atoms with Crippen LogP contribution >= 0.6 is 0 Å². The zero-order valence-corrected chi connectivity index (χ0v) is 12.9. The van der Waals surface area contributed by atoms with E-state index in [4.69, 9.17) is 23.7 Å². The molecule has 0 aromatic heterocycles. The molecule has 1 aromatic carbocycles. The highest BCUT2D eigenvalue weighted by Crippen LogP contribution is 2.42. The van der Waals surface area contributed by atoms with Gasteiger partial charge in [-0.05, 0) is 12.1 Å². The van der Waals surface area contributed by atoms with E-state index < -0.39 is 24.2 Å². The second kappa shape index (κ2) is 7.21. The predicted octanol–water partition coefficient (Wildman–Crippen LogP) is 1.51. The van der Waals surface area contributed by atoms with Crippen molar-refractivity contribution in [3.05, 3.63) is 17.7 Å². The quantitative estimate of drug-likeness (QED) is 0.607. The molecule has 1 heterocycles. The second-order valence-electron chi connectivity index (χ2n) is 4.70. The minimum absolute atomic E-state index is 0.0689. The van der Waals surface area contributed by atoms with E-state index in [2.05, 4.69) is 0 Å². The number of hydrogen-bond donors (Lipinski definition) is 0. The predicted molar refractivity (Wildman–Crippen MR) is 75.0 cm³/mol. The van der Waals surface area contributed by atoms with Gasteiger partial charge in [-0.15, -0.1) is 0 Å². The maximum Gasteiger partial charge on any atom is 0.308 e. The van der Waals surface area contributed by atoms with Crippen molar-refractivity contribution in [1.29, 1.82) is 0 Å². The molecule has 8 nitrogen and oxygen atoms in total. The molecule has 0 saturated carbocycles. The van der Waals surface area contributed by atoms with Gasteiger partial charge in [0.2, 0.25) is 5.75 Å². The first-order valence-electron chi connectivity index (χ1n) is 6.83. The zero-order chi connectivity index (χ0) is 17.0. The minimum atomic E-state index is -0.690. The maximum absolute atomic E-state index is 11.3. The Labute approximate surface area is 132 Å². The van der Waals surface area contributed by atoms with E-state index in [0.29, 0.717) is 18.8 Å². The summed E-state index contributed by atoms with van der Waals surface area (Å²) in [6, 6.07) is 2.87. The smallest absolute Gasteiger partial charge is 0.308 e. The summed E-state index contributed by atoms with van der Waals surface area (Å²) in [4.78, 5) is 33.8. The van der Waals surface area contributed by atoms with Gasteiger partial charge in [0, 0.05) is 26.3 Å². The van der Waals surface area contributed by atoms with Crippen molar-refractivity contribution in [3.8, 4) is 17.2 Å². The van der Waals surface area contributed by atoms with Crippen LogP contribution in [0.25, 0.3) is 0 Å². The Balaban J connectivity index is 2.52. The summed E-state index contributed by atoms with van der Waals surface area (Å²) in [5, 5.41) is 0.